The zero-order valence-electron chi connectivity index (χ0n) is 16.7. The molecule has 0 saturated heterocycles. The molecule has 4 aromatic rings. The average Bonchev–Trinajstić information content (AvgIpc) is 3.24. The van der Waals surface area contributed by atoms with Crippen molar-refractivity contribution < 1.29 is 9.53 Å². The van der Waals surface area contributed by atoms with E-state index in [9.17, 15) is 4.79 Å². The number of carbonyl (C=O) groups is 1. The first-order valence-electron chi connectivity index (χ1n) is 9.83. The van der Waals surface area contributed by atoms with Crippen molar-refractivity contribution in [3.8, 4) is 17.3 Å². The smallest absolute Gasteiger partial charge is 0.255 e. The van der Waals surface area contributed by atoms with E-state index in [0.29, 0.717) is 24.3 Å². The maximum absolute atomic E-state index is 12.7. The molecule has 0 atom stereocenters. The fourth-order valence-corrected chi connectivity index (χ4v) is 3.16. The Labute approximate surface area is 175 Å². The molecule has 150 valence electrons. The lowest BCUT2D eigenvalue weighted by Crippen LogP contribution is -2.23. The molecule has 2 aromatic carbocycles. The van der Waals surface area contributed by atoms with Gasteiger partial charge in [-0.15, -0.1) is 0 Å². The van der Waals surface area contributed by atoms with Crippen LogP contribution in [0.2, 0.25) is 0 Å². The highest BCUT2D eigenvalue weighted by molar-refractivity contribution is 5.95. The van der Waals surface area contributed by atoms with Gasteiger partial charge in [-0.3, -0.25) is 4.79 Å². The third-order valence-electron chi connectivity index (χ3n) is 4.67. The minimum Gasteiger partial charge on any atom is -0.457 e. The lowest BCUT2D eigenvalue weighted by atomic mass is 10.1. The number of pyridine rings is 1. The van der Waals surface area contributed by atoms with Gasteiger partial charge < -0.3 is 10.1 Å². The number of hydrogen-bond donors (Lipinski definition) is 1. The summed E-state index contributed by atoms with van der Waals surface area (Å²) in [6.07, 6.45) is 3.98. The van der Waals surface area contributed by atoms with Gasteiger partial charge in [0.1, 0.15) is 11.5 Å². The second-order valence-corrected chi connectivity index (χ2v) is 6.70. The molecule has 0 aliphatic carbocycles. The molecule has 30 heavy (non-hydrogen) atoms. The Hall–Kier alpha value is -3.93. The van der Waals surface area contributed by atoms with Gasteiger partial charge in [-0.25, -0.2) is 9.67 Å². The minimum absolute atomic E-state index is 0.154. The first kappa shape index (κ1) is 19.4. The molecule has 2 aromatic heterocycles. The molecule has 0 aliphatic heterocycles. The minimum atomic E-state index is -0.154. The fraction of sp³-hybridized carbons (Fsp3) is 0.125. The van der Waals surface area contributed by atoms with Gasteiger partial charge in [-0.1, -0.05) is 43.3 Å². The number of para-hydroxylation sites is 1. The number of benzene rings is 2. The highest BCUT2D eigenvalue weighted by Crippen LogP contribution is 2.21. The maximum atomic E-state index is 12.7. The lowest BCUT2D eigenvalue weighted by molar-refractivity contribution is 0.0950. The predicted octanol–water partition coefficient (Wildman–Crippen LogP) is 4.55. The topological polar surface area (TPSA) is 69.0 Å². The van der Waals surface area contributed by atoms with E-state index in [1.807, 2.05) is 79.7 Å². The van der Waals surface area contributed by atoms with Gasteiger partial charge in [0, 0.05) is 12.7 Å². The average molecular weight is 398 g/mol. The first-order chi connectivity index (χ1) is 14.7. The van der Waals surface area contributed by atoms with Gasteiger partial charge in [0.15, 0.2) is 5.82 Å². The zero-order valence-corrected chi connectivity index (χ0v) is 16.7. The van der Waals surface area contributed by atoms with E-state index in [1.165, 1.54) is 0 Å². The van der Waals surface area contributed by atoms with Crippen LogP contribution in [0, 0.1) is 0 Å². The van der Waals surface area contributed by atoms with Crippen LogP contribution in [0.1, 0.15) is 28.5 Å². The van der Waals surface area contributed by atoms with Crippen molar-refractivity contribution in [2.45, 2.75) is 19.9 Å². The predicted molar refractivity (Wildman–Crippen MR) is 115 cm³/mol. The fourth-order valence-electron chi connectivity index (χ4n) is 3.16. The van der Waals surface area contributed by atoms with Gasteiger partial charge in [0.2, 0.25) is 0 Å². The van der Waals surface area contributed by atoms with Crippen LogP contribution < -0.4 is 10.1 Å². The molecule has 0 spiro atoms. The summed E-state index contributed by atoms with van der Waals surface area (Å²) in [5.74, 6) is 2.08. The summed E-state index contributed by atoms with van der Waals surface area (Å²) < 4.78 is 7.51. The molecule has 0 saturated carbocycles. The van der Waals surface area contributed by atoms with Crippen molar-refractivity contribution in [3.63, 3.8) is 0 Å². The third kappa shape index (κ3) is 4.38. The van der Waals surface area contributed by atoms with Crippen LogP contribution in [-0.2, 0) is 13.0 Å². The zero-order chi connectivity index (χ0) is 20.8. The molecule has 0 unspecified atom stereocenters. The molecular formula is C24H22N4O2. The molecule has 6 heteroatoms. The summed E-state index contributed by atoms with van der Waals surface area (Å²) in [6, 6.07) is 22.9. The Morgan fingerprint density at radius 3 is 2.40 bits per heavy atom. The summed E-state index contributed by atoms with van der Waals surface area (Å²) in [6.45, 7) is 2.42. The lowest BCUT2D eigenvalue weighted by Gasteiger charge is -2.09. The van der Waals surface area contributed by atoms with E-state index in [4.69, 9.17) is 4.74 Å². The molecule has 1 N–H and O–H groups in total. The molecule has 4 rings (SSSR count). The van der Waals surface area contributed by atoms with Crippen molar-refractivity contribution in [1.82, 2.24) is 20.1 Å². The number of ether oxygens (including phenoxy) is 1. The van der Waals surface area contributed by atoms with E-state index in [1.54, 1.807) is 17.1 Å². The van der Waals surface area contributed by atoms with Gasteiger partial charge in [0.25, 0.3) is 5.91 Å². The van der Waals surface area contributed by atoms with E-state index < -0.39 is 0 Å². The number of carbonyl (C=O) groups excluding carboxylic acids is 1. The number of aromatic nitrogens is 3. The van der Waals surface area contributed by atoms with E-state index in [0.717, 1.165) is 22.8 Å². The summed E-state index contributed by atoms with van der Waals surface area (Å²) >= 11 is 0. The molecule has 0 aliphatic rings. The van der Waals surface area contributed by atoms with Gasteiger partial charge in [-0.2, -0.15) is 5.10 Å². The van der Waals surface area contributed by atoms with E-state index in [2.05, 4.69) is 15.4 Å². The van der Waals surface area contributed by atoms with Crippen LogP contribution in [0.3, 0.4) is 0 Å². The Balaban J connectivity index is 1.41. The number of rotatable bonds is 7. The van der Waals surface area contributed by atoms with Gasteiger partial charge >= 0.3 is 0 Å². The largest absolute Gasteiger partial charge is 0.457 e. The Morgan fingerprint density at radius 2 is 1.70 bits per heavy atom. The second kappa shape index (κ2) is 9.05. The highest BCUT2D eigenvalue weighted by Gasteiger charge is 2.17. The normalized spacial score (nSPS) is 10.6. The molecule has 6 nitrogen and oxygen atoms in total. The molecule has 0 bridgehead atoms. The standard InChI is InChI=1S/C24H22N4O2/c1-2-22-21(17-27-28(22)23-10-6-7-15-25-23)24(29)26-16-18-11-13-20(14-12-18)30-19-8-4-3-5-9-19/h3-15,17H,2,16H2,1H3,(H,26,29). The monoisotopic (exact) mass is 398 g/mol. The van der Waals surface area contributed by atoms with Crippen LogP contribution >= 0.6 is 0 Å². The van der Waals surface area contributed by atoms with Gasteiger partial charge in [-0.05, 0) is 48.4 Å². The maximum Gasteiger partial charge on any atom is 0.255 e. The molecular weight excluding hydrogens is 376 g/mol. The SMILES string of the molecule is CCc1c(C(=O)NCc2ccc(Oc3ccccc3)cc2)cnn1-c1ccccn1. The van der Waals surface area contributed by atoms with E-state index >= 15 is 0 Å². The molecule has 0 radical (unpaired) electrons. The number of hydrogen-bond acceptors (Lipinski definition) is 4. The van der Waals surface area contributed by atoms with Crippen molar-refractivity contribution in [3.05, 3.63) is 102 Å². The number of amides is 1. The van der Waals surface area contributed by atoms with Crippen LogP contribution in [-0.4, -0.2) is 20.7 Å². The number of nitrogens with one attached hydrogen (secondary N) is 1. The molecule has 1 amide bonds. The molecule has 2 heterocycles. The van der Waals surface area contributed by atoms with Crippen molar-refractivity contribution in [2.24, 2.45) is 0 Å². The highest BCUT2D eigenvalue weighted by atomic mass is 16.5. The van der Waals surface area contributed by atoms with E-state index in [-0.39, 0.29) is 5.91 Å². The van der Waals surface area contributed by atoms with Crippen molar-refractivity contribution in [2.75, 3.05) is 0 Å². The Kier molecular flexibility index (Phi) is 5.85. The summed E-state index contributed by atoms with van der Waals surface area (Å²) in [5.41, 5.74) is 2.38. The van der Waals surface area contributed by atoms with Crippen LogP contribution in [0.25, 0.3) is 5.82 Å². The van der Waals surface area contributed by atoms with Crippen LogP contribution in [0.15, 0.2) is 85.2 Å². The van der Waals surface area contributed by atoms with Crippen molar-refractivity contribution in [1.29, 1.82) is 0 Å². The number of nitrogens with zero attached hydrogens (tertiary/aromatic N) is 3. The van der Waals surface area contributed by atoms with Crippen LogP contribution in [0.4, 0.5) is 0 Å². The Bertz CT molecular complexity index is 1110. The Morgan fingerprint density at radius 1 is 0.967 bits per heavy atom. The molecule has 0 fully saturated rings. The van der Waals surface area contributed by atoms with Crippen LogP contribution in [0.5, 0.6) is 11.5 Å². The van der Waals surface area contributed by atoms with Crippen molar-refractivity contribution >= 4 is 5.91 Å². The second-order valence-electron chi connectivity index (χ2n) is 6.70. The summed E-state index contributed by atoms with van der Waals surface area (Å²) in [5, 5.41) is 7.33. The quantitative estimate of drug-likeness (QED) is 0.496. The van der Waals surface area contributed by atoms with Gasteiger partial charge in [0.05, 0.1) is 17.5 Å². The first-order valence-corrected chi connectivity index (χ1v) is 9.83. The third-order valence-corrected chi connectivity index (χ3v) is 4.67. The summed E-state index contributed by atoms with van der Waals surface area (Å²) in [7, 11) is 0. The summed E-state index contributed by atoms with van der Waals surface area (Å²) in [4.78, 5) is 17.1.